The number of nitrogens with zero attached hydrogens (tertiary/aromatic N) is 3. The van der Waals surface area contributed by atoms with Gasteiger partial charge in [0.1, 0.15) is 0 Å². The SMILES string of the molecule is CCC(CCNC(=NC)NCCc1ccccn1)N1CCCC1=O.I. The smallest absolute Gasteiger partial charge is 0.222 e. The first-order valence-corrected chi connectivity index (χ1v) is 8.88. The largest absolute Gasteiger partial charge is 0.356 e. The molecule has 0 aliphatic carbocycles. The van der Waals surface area contributed by atoms with Crippen LogP contribution in [-0.2, 0) is 11.2 Å². The van der Waals surface area contributed by atoms with Gasteiger partial charge in [-0.1, -0.05) is 13.0 Å². The molecule has 1 aliphatic heterocycles. The molecular weight excluding hydrogens is 429 g/mol. The van der Waals surface area contributed by atoms with E-state index in [2.05, 4.69) is 27.5 Å². The van der Waals surface area contributed by atoms with E-state index in [4.69, 9.17) is 0 Å². The Morgan fingerprint density at radius 3 is 2.76 bits per heavy atom. The van der Waals surface area contributed by atoms with E-state index in [9.17, 15) is 4.79 Å². The number of halogens is 1. The van der Waals surface area contributed by atoms with E-state index in [1.54, 1.807) is 7.05 Å². The van der Waals surface area contributed by atoms with E-state index < -0.39 is 0 Å². The van der Waals surface area contributed by atoms with Crippen molar-refractivity contribution >= 4 is 35.8 Å². The summed E-state index contributed by atoms with van der Waals surface area (Å²) in [7, 11) is 1.78. The Bertz CT molecular complexity index is 538. The van der Waals surface area contributed by atoms with E-state index in [1.807, 2.05) is 29.3 Å². The number of hydrogen-bond acceptors (Lipinski definition) is 3. The quantitative estimate of drug-likeness (QED) is 0.355. The number of guanidine groups is 1. The van der Waals surface area contributed by atoms with Gasteiger partial charge in [0.05, 0.1) is 0 Å². The summed E-state index contributed by atoms with van der Waals surface area (Å²) < 4.78 is 0. The van der Waals surface area contributed by atoms with E-state index in [1.165, 1.54) is 0 Å². The third-order valence-electron chi connectivity index (χ3n) is 4.42. The first kappa shape index (κ1) is 21.7. The normalized spacial score (nSPS) is 15.7. The number of pyridine rings is 1. The number of aromatic nitrogens is 1. The Labute approximate surface area is 167 Å². The number of carbonyl (C=O) groups is 1. The molecule has 6 nitrogen and oxygen atoms in total. The molecule has 7 heteroatoms. The fourth-order valence-corrected chi connectivity index (χ4v) is 3.07. The Morgan fingerprint density at radius 2 is 2.16 bits per heavy atom. The second-order valence-corrected chi connectivity index (χ2v) is 6.04. The Balaban J connectivity index is 0.00000312. The first-order valence-electron chi connectivity index (χ1n) is 8.88. The standard InChI is InChI=1S/C18H29N5O.HI/c1-3-16(23-14-6-8-17(23)24)10-13-22-18(19-2)21-12-9-15-7-4-5-11-20-15;/h4-5,7,11,16H,3,6,8-10,12-14H2,1-2H3,(H2,19,21,22);1H. The van der Waals surface area contributed by atoms with Gasteiger partial charge in [0, 0.05) is 57.5 Å². The monoisotopic (exact) mass is 459 g/mol. The van der Waals surface area contributed by atoms with Crippen LogP contribution in [0.3, 0.4) is 0 Å². The lowest BCUT2D eigenvalue weighted by atomic mass is 10.1. The lowest BCUT2D eigenvalue weighted by molar-refractivity contribution is -0.129. The predicted octanol–water partition coefficient (Wildman–Crippen LogP) is 2.20. The Kier molecular flexibility index (Phi) is 10.4. The highest BCUT2D eigenvalue weighted by Crippen LogP contribution is 2.17. The molecule has 0 aromatic carbocycles. The molecule has 1 unspecified atom stereocenters. The number of amides is 1. The fraction of sp³-hybridized carbons (Fsp3) is 0.611. The first-order chi connectivity index (χ1) is 11.7. The minimum Gasteiger partial charge on any atom is -0.356 e. The van der Waals surface area contributed by atoms with Crippen LogP contribution in [-0.4, -0.2) is 54.5 Å². The average molecular weight is 459 g/mol. The summed E-state index contributed by atoms with van der Waals surface area (Å²) in [4.78, 5) is 22.5. The molecular formula is C18H30IN5O. The van der Waals surface area contributed by atoms with Crippen molar-refractivity contribution in [3.05, 3.63) is 30.1 Å². The highest BCUT2D eigenvalue weighted by Gasteiger charge is 2.26. The molecule has 25 heavy (non-hydrogen) atoms. The van der Waals surface area contributed by atoms with Crippen LogP contribution in [0.4, 0.5) is 0 Å². The maximum absolute atomic E-state index is 11.9. The molecule has 0 saturated carbocycles. The van der Waals surface area contributed by atoms with Crippen molar-refractivity contribution in [2.75, 3.05) is 26.7 Å². The van der Waals surface area contributed by atoms with Crippen LogP contribution >= 0.6 is 24.0 Å². The molecule has 2 rings (SSSR count). The van der Waals surface area contributed by atoms with Crippen molar-refractivity contribution < 1.29 is 4.79 Å². The van der Waals surface area contributed by atoms with Crippen LogP contribution in [0.1, 0.15) is 38.3 Å². The summed E-state index contributed by atoms with van der Waals surface area (Å²) >= 11 is 0. The van der Waals surface area contributed by atoms with Gasteiger partial charge in [-0.05, 0) is 31.4 Å². The molecule has 1 atom stereocenters. The van der Waals surface area contributed by atoms with Gasteiger partial charge in [0.15, 0.2) is 5.96 Å². The molecule has 2 N–H and O–H groups in total. The summed E-state index contributed by atoms with van der Waals surface area (Å²) in [6.45, 7) is 4.66. The van der Waals surface area contributed by atoms with Crippen LogP contribution in [0.5, 0.6) is 0 Å². The van der Waals surface area contributed by atoms with Crippen molar-refractivity contribution in [3.8, 4) is 0 Å². The third kappa shape index (κ3) is 7.17. The van der Waals surface area contributed by atoms with Crippen molar-refractivity contribution in [3.63, 3.8) is 0 Å². The van der Waals surface area contributed by atoms with E-state index in [0.29, 0.717) is 18.4 Å². The molecule has 2 heterocycles. The number of nitrogens with one attached hydrogen (secondary N) is 2. The number of aliphatic imine (C=N–C) groups is 1. The second-order valence-electron chi connectivity index (χ2n) is 6.04. The summed E-state index contributed by atoms with van der Waals surface area (Å²) in [6, 6.07) is 6.28. The molecule has 0 bridgehead atoms. The topological polar surface area (TPSA) is 69.6 Å². The summed E-state index contributed by atoms with van der Waals surface area (Å²) in [6.07, 6.45) is 6.33. The van der Waals surface area contributed by atoms with Crippen LogP contribution in [0.2, 0.25) is 0 Å². The zero-order chi connectivity index (χ0) is 17.2. The second kappa shape index (κ2) is 12.1. The maximum Gasteiger partial charge on any atom is 0.222 e. The molecule has 1 amide bonds. The van der Waals surface area contributed by atoms with Crippen molar-refractivity contribution in [2.45, 2.75) is 45.1 Å². The van der Waals surface area contributed by atoms with E-state index in [0.717, 1.165) is 57.0 Å². The molecule has 1 aromatic heterocycles. The molecule has 1 aromatic rings. The Hall–Kier alpha value is -1.38. The summed E-state index contributed by atoms with van der Waals surface area (Å²) in [5, 5.41) is 6.65. The van der Waals surface area contributed by atoms with Gasteiger partial charge in [-0.25, -0.2) is 0 Å². The molecule has 1 fully saturated rings. The average Bonchev–Trinajstić information content (AvgIpc) is 3.04. The minimum absolute atomic E-state index is 0. The van der Waals surface area contributed by atoms with Gasteiger partial charge in [-0.15, -0.1) is 24.0 Å². The molecule has 1 saturated heterocycles. The van der Waals surface area contributed by atoms with Gasteiger partial charge >= 0.3 is 0 Å². The number of hydrogen-bond donors (Lipinski definition) is 2. The van der Waals surface area contributed by atoms with Gasteiger partial charge in [-0.3, -0.25) is 14.8 Å². The van der Waals surface area contributed by atoms with Crippen molar-refractivity contribution in [1.29, 1.82) is 0 Å². The Morgan fingerprint density at radius 1 is 1.36 bits per heavy atom. The number of carbonyl (C=O) groups excluding carboxylic acids is 1. The summed E-state index contributed by atoms with van der Waals surface area (Å²) in [5.41, 5.74) is 1.07. The van der Waals surface area contributed by atoms with Gasteiger partial charge in [0.2, 0.25) is 5.91 Å². The number of likely N-dealkylation sites (tertiary alicyclic amines) is 1. The van der Waals surface area contributed by atoms with Crippen molar-refractivity contribution in [1.82, 2.24) is 20.5 Å². The van der Waals surface area contributed by atoms with Crippen LogP contribution in [0.15, 0.2) is 29.4 Å². The zero-order valence-electron chi connectivity index (χ0n) is 15.2. The summed E-state index contributed by atoms with van der Waals surface area (Å²) in [5.74, 6) is 1.10. The van der Waals surface area contributed by atoms with Gasteiger partial charge < -0.3 is 15.5 Å². The minimum atomic E-state index is 0. The van der Waals surface area contributed by atoms with Crippen LogP contribution in [0.25, 0.3) is 0 Å². The lowest BCUT2D eigenvalue weighted by Gasteiger charge is -2.27. The zero-order valence-corrected chi connectivity index (χ0v) is 17.5. The molecule has 140 valence electrons. The molecule has 0 spiro atoms. The van der Waals surface area contributed by atoms with Gasteiger partial charge in [0.25, 0.3) is 0 Å². The van der Waals surface area contributed by atoms with E-state index >= 15 is 0 Å². The van der Waals surface area contributed by atoms with E-state index in [-0.39, 0.29) is 24.0 Å². The van der Waals surface area contributed by atoms with Crippen molar-refractivity contribution in [2.24, 2.45) is 4.99 Å². The third-order valence-corrected chi connectivity index (χ3v) is 4.42. The van der Waals surface area contributed by atoms with Crippen LogP contribution in [0, 0.1) is 0 Å². The molecule has 1 aliphatic rings. The lowest BCUT2D eigenvalue weighted by Crippen LogP contribution is -2.42. The maximum atomic E-state index is 11.9. The fourth-order valence-electron chi connectivity index (χ4n) is 3.07. The number of rotatable bonds is 8. The van der Waals surface area contributed by atoms with Crippen LogP contribution < -0.4 is 10.6 Å². The van der Waals surface area contributed by atoms with Gasteiger partial charge in [-0.2, -0.15) is 0 Å². The predicted molar refractivity (Wildman–Crippen MR) is 112 cm³/mol. The highest BCUT2D eigenvalue weighted by molar-refractivity contribution is 14.0. The molecule has 0 radical (unpaired) electrons. The highest BCUT2D eigenvalue weighted by atomic mass is 127.